The van der Waals surface area contributed by atoms with E-state index in [1.54, 1.807) is 7.11 Å². The smallest absolute Gasteiger partial charge is 0.310 e. The first-order chi connectivity index (χ1) is 8.79. The van der Waals surface area contributed by atoms with Gasteiger partial charge in [-0.15, -0.1) is 0 Å². The summed E-state index contributed by atoms with van der Waals surface area (Å²) < 4.78 is 10.4. The predicted molar refractivity (Wildman–Crippen MR) is 68.4 cm³/mol. The van der Waals surface area contributed by atoms with Crippen molar-refractivity contribution < 1.29 is 14.3 Å². The van der Waals surface area contributed by atoms with Gasteiger partial charge in [0.25, 0.3) is 0 Å². The lowest BCUT2D eigenvalue weighted by atomic mass is 10.0. The lowest BCUT2D eigenvalue weighted by Gasteiger charge is -2.21. The van der Waals surface area contributed by atoms with Gasteiger partial charge in [0.05, 0.1) is 13.0 Å². The van der Waals surface area contributed by atoms with E-state index in [0.717, 1.165) is 37.2 Å². The summed E-state index contributed by atoms with van der Waals surface area (Å²) in [7, 11) is 1.63. The Morgan fingerprint density at radius 2 is 2.17 bits per heavy atom. The monoisotopic (exact) mass is 249 g/mol. The molecule has 1 saturated heterocycles. The summed E-state index contributed by atoms with van der Waals surface area (Å²) in [5.41, 5.74) is 0.980. The number of rotatable bonds is 4. The van der Waals surface area contributed by atoms with Crippen LogP contribution in [0.15, 0.2) is 24.3 Å². The molecule has 1 aliphatic heterocycles. The third kappa shape index (κ3) is 3.47. The van der Waals surface area contributed by atoms with E-state index in [0.29, 0.717) is 6.61 Å². The fourth-order valence-electron chi connectivity index (χ4n) is 2.05. The summed E-state index contributed by atoms with van der Waals surface area (Å²) >= 11 is 0. The highest BCUT2D eigenvalue weighted by molar-refractivity contribution is 5.72. The summed E-state index contributed by atoms with van der Waals surface area (Å²) in [4.78, 5) is 11.8. The van der Waals surface area contributed by atoms with Crippen molar-refractivity contribution in [2.45, 2.75) is 19.4 Å². The molecule has 1 fully saturated rings. The van der Waals surface area contributed by atoms with Gasteiger partial charge in [-0.2, -0.15) is 0 Å². The third-order valence-corrected chi connectivity index (χ3v) is 3.17. The second-order valence-corrected chi connectivity index (χ2v) is 4.50. The summed E-state index contributed by atoms with van der Waals surface area (Å²) in [5, 5.41) is 3.21. The van der Waals surface area contributed by atoms with Crippen molar-refractivity contribution in [3.63, 3.8) is 0 Å². The van der Waals surface area contributed by atoms with Crippen LogP contribution >= 0.6 is 0 Å². The van der Waals surface area contributed by atoms with Crippen LogP contribution in [0.1, 0.15) is 18.4 Å². The Morgan fingerprint density at radius 3 is 2.78 bits per heavy atom. The summed E-state index contributed by atoms with van der Waals surface area (Å²) in [6, 6.07) is 7.55. The van der Waals surface area contributed by atoms with Crippen molar-refractivity contribution in [2.24, 2.45) is 5.92 Å². The third-order valence-electron chi connectivity index (χ3n) is 3.17. The van der Waals surface area contributed by atoms with Crippen molar-refractivity contribution in [3.8, 4) is 5.75 Å². The quantitative estimate of drug-likeness (QED) is 0.826. The SMILES string of the molecule is COc1ccc(COC(=O)C2CCCNC2)cc1. The van der Waals surface area contributed by atoms with E-state index in [1.807, 2.05) is 24.3 Å². The number of ether oxygens (including phenoxy) is 2. The number of carbonyl (C=O) groups excluding carboxylic acids is 1. The highest BCUT2D eigenvalue weighted by atomic mass is 16.5. The molecule has 0 bridgehead atoms. The molecule has 4 heteroatoms. The molecule has 98 valence electrons. The fraction of sp³-hybridized carbons (Fsp3) is 0.500. The van der Waals surface area contributed by atoms with E-state index in [2.05, 4.69) is 5.32 Å². The minimum absolute atomic E-state index is 0.0111. The van der Waals surface area contributed by atoms with Gasteiger partial charge in [0, 0.05) is 6.54 Å². The van der Waals surface area contributed by atoms with Crippen molar-refractivity contribution in [1.29, 1.82) is 0 Å². The summed E-state index contributed by atoms with van der Waals surface area (Å²) in [6.07, 6.45) is 1.97. The summed E-state index contributed by atoms with van der Waals surface area (Å²) in [5.74, 6) is 0.719. The molecule has 0 saturated carbocycles. The molecular formula is C14H19NO3. The van der Waals surface area contributed by atoms with Gasteiger partial charge in [-0.05, 0) is 37.1 Å². The van der Waals surface area contributed by atoms with Gasteiger partial charge in [-0.1, -0.05) is 12.1 Å². The molecule has 0 aliphatic carbocycles. The van der Waals surface area contributed by atoms with E-state index >= 15 is 0 Å². The van der Waals surface area contributed by atoms with Gasteiger partial charge in [-0.3, -0.25) is 4.79 Å². The Bertz CT molecular complexity index is 383. The minimum Gasteiger partial charge on any atom is -0.497 e. The second-order valence-electron chi connectivity index (χ2n) is 4.50. The lowest BCUT2D eigenvalue weighted by Crippen LogP contribution is -2.35. The lowest BCUT2D eigenvalue weighted by molar-refractivity contribution is -0.150. The van der Waals surface area contributed by atoms with E-state index in [-0.39, 0.29) is 11.9 Å². The number of benzene rings is 1. The zero-order valence-corrected chi connectivity index (χ0v) is 10.6. The fourth-order valence-corrected chi connectivity index (χ4v) is 2.05. The van der Waals surface area contributed by atoms with Gasteiger partial charge >= 0.3 is 5.97 Å². The van der Waals surface area contributed by atoms with Crippen molar-refractivity contribution >= 4 is 5.97 Å². The molecule has 1 aromatic rings. The Labute approximate surface area is 107 Å². The van der Waals surface area contributed by atoms with Gasteiger partial charge in [0.15, 0.2) is 0 Å². The Kier molecular flexibility index (Phi) is 4.59. The van der Waals surface area contributed by atoms with Crippen LogP contribution in [0.4, 0.5) is 0 Å². The topological polar surface area (TPSA) is 47.6 Å². The zero-order valence-electron chi connectivity index (χ0n) is 10.6. The second kappa shape index (κ2) is 6.40. The largest absolute Gasteiger partial charge is 0.497 e. The highest BCUT2D eigenvalue weighted by Crippen LogP contribution is 2.15. The zero-order chi connectivity index (χ0) is 12.8. The molecule has 1 atom stereocenters. The van der Waals surface area contributed by atoms with E-state index in [9.17, 15) is 4.79 Å². The molecule has 1 aromatic carbocycles. The van der Waals surface area contributed by atoms with E-state index < -0.39 is 0 Å². The molecular weight excluding hydrogens is 230 g/mol. The van der Waals surface area contributed by atoms with E-state index in [4.69, 9.17) is 9.47 Å². The van der Waals surface area contributed by atoms with Crippen LogP contribution in [-0.4, -0.2) is 26.2 Å². The standard InChI is InChI=1S/C14H19NO3/c1-17-13-6-4-11(5-7-13)10-18-14(16)12-3-2-8-15-9-12/h4-7,12,15H,2-3,8-10H2,1H3. The molecule has 0 spiro atoms. The number of methoxy groups -OCH3 is 1. The predicted octanol–water partition coefficient (Wildman–Crippen LogP) is 1.74. The van der Waals surface area contributed by atoms with Crippen LogP contribution in [0.3, 0.4) is 0 Å². The van der Waals surface area contributed by atoms with Crippen LogP contribution in [-0.2, 0) is 16.1 Å². The number of carbonyl (C=O) groups is 1. The molecule has 0 radical (unpaired) electrons. The average molecular weight is 249 g/mol. The molecule has 0 aromatic heterocycles. The molecule has 18 heavy (non-hydrogen) atoms. The molecule has 1 aliphatic rings. The first-order valence-corrected chi connectivity index (χ1v) is 6.30. The minimum atomic E-state index is -0.0991. The van der Waals surface area contributed by atoms with Crippen LogP contribution < -0.4 is 10.1 Å². The Balaban J connectivity index is 1.80. The maximum atomic E-state index is 11.8. The van der Waals surface area contributed by atoms with Crippen LogP contribution in [0.25, 0.3) is 0 Å². The number of piperidine rings is 1. The maximum Gasteiger partial charge on any atom is 0.310 e. The molecule has 4 nitrogen and oxygen atoms in total. The van der Waals surface area contributed by atoms with E-state index in [1.165, 1.54) is 0 Å². The average Bonchev–Trinajstić information content (AvgIpc) is 2.46. The van der Waals surface area contributed by atoms with Crippen molar-refractivity contribution in [1.82, 2.24) is 5.32 Å². The molecule has 1 N–H and O–H groups in total. The van der Waals surface area contributed by atoms with Gasteiger partial charge in [-0.25, -0.2) is 0 Å². The molecule has 2 rings (SSSR count). The maximum absolute atomic E-state index is 11.8. The number of nitrogens with one attached hydrogen (secondary N) is 1. The van der Waals surface area contributed by atoms with Crippen LogP contribution in [0.2, 0.25) is 0 Å². The van der Waals surface area contributed by atoms with Crippen molar-refractivity contribution in [3.05, 3.63) is 29.8 Å². The molecule has 0 amide bonds. The normalized spacial score (nSPS) is 19.3. The first-order valence-electron chi connectivity index (χ1n) is 6.30. The Morgan fingerprint density at radius 1 is 1.39 bits per heavy atom. The van der Waals surface area contributed by atoms with Crippen LogP contribution in [0.5, 0.6) is 5.75 Å². The summed E-state index contributed by atoms with van der Waals surface area (Å²) in [6.45, 7) is 2.07. The van der Waals surface area contributed by atoms with Crippen molar-refractivity contribution in [2.75, 3.05) is 20.2 Å². The Hall–Kier alpha value is -1.55. The van der Waals surface area contributed by atoms with Gasteiger partial charge < -0.3 is 14.8 Å². The first kappa shape index (κ1) is 12.9. The van der Waals surface area contributed by atoms with Gasteiger partial charge in [0.2, 0.25) is 0 Å². The number of hydrogen-bond acceptors (Lipinski definition) is 4. The highest BCUT2D eigenvalue weighted by Gasteiger charge is 2.22. The number of esters is 1. The molecule has 1 heterocycles. The van der Waals surface area contributed by atoms with Gasteiger partial charge in [0.1, 0.15) is 12.4 Å². The number of hydrogen-bond donors (Lipinski definition) is 1. The van der Waals surface area contributed by atoms with Crippen LogP contribution in [0, 0.1) is 5.92 Å². The molecule has 1 unspecified atom stereocenters.